The monoisotopic (exact) mass is 598 g/mol. The predicted molar refractivity (Wildman–Crippen MR) is 172 cm³/mol. The Hall–Kier alpha value is -5.86. The van der Waals surface area contributed by atoms with Crippen LogP contribution in [-0.2, 0) is 11.8 Å². The molecule has 0 atom stereocenters. The fourth-order valence-electron chi connectivity index (χ4n) is 4.75. The largest absolute Gasteiger partial charge is 0.424 e. The van der Waals surface area contributed by atoms with Crippen molar-refractivity contribution in [2.24, 2.45) is 7.05 Å². The number of fused-ring (bicyclic) bond motifs is 1. The van der Waals surface area contributed by atoms with Crippen molar-refractivity contribution < 1.29 is 9.53 Å². The zero-order chi connectivity index (χ0) is 31.0. The maximum absolute atomic E-state index is 12.3. The molecule has 0 bridgehead atoms. The molecule has 0 radical (unpaired) electrons. The molecule has 6 aromatic rings. The molecule has 3 N–H and O–H groups in total. The molecule has 0 saturated carbocycles. The van der Waals surface area contributed by atoms with E-state index in [9.17, 15) is 10.1 Å². The summed E-state index contributed by atoms with van der Waals surface area (Å²) >= 11 is 1.55. The molecule has 0 fully saturated rings. The van der Waals surface area contributed by atoms with Gasteiger partial charge in [0.15, 0.2) is 0 Å². The average Bonchev–Trinajstić information content (AvgIpc) is 3.63. The highest BCUT2D eigenvalue weighted by Gasteiger charge is 2.23. The standard InChI is InChI=1S/C33H26N8O2S/c1-18(2)32(42)40-26-10-7-21(13-22(26)14-34)29-27(20-5-8-24(9-6-20)43-33-36-12-11-19(3)39-33)28-30(44-29)25(16-37-31(28)35)23-15-38-41(4)17-23/h5-13,15-17H,1H2,2-4H3,(H2,35,37)(H,40,42). The third-order valence-electron chi connectivity index (χ3n) is 6.92. The first-order chi connectivity index (χ1) is 21.2. The number of amides is 1. The number of anilines is 2. The van der Waals surface area contributed by atoms with Crippen LogP contribution in [0.1, 0.15) is 18.2 Å². The maximum Gasteiger partial charge on any atom is 0.322 e. The van der Waals surface area contributed by atoms with Crippen LogP contribution in [-0.4, -0.2) is 30.6 Å². The number of hydrogen-bond acceptors (Lipinski definition) is 9. The summed E-state index contributed by atoms with van der Waals surface area (Å²) in [6, 6.07) is 17.2. The van der Waals surface area contributed by atoms with E-state index in [4.69, 9.17) is 10.5 Å². The third-order valence-corrected chi connectivity index (χ3v) is 8.19. The van der Waals surface area contributed by atoms with Crippen molar-refractivity contribution in [3.05, 3.63) is 96.7 Å². The van der Waals surface area contributed by atoms with Crippen LogP contribution in [0, 0.1) is 18.3 Å². The molecule has 2 aromatic carbocycles. The first kappa shape index (κ1) is 28.3. The normalized spacial score (nSPS) is 10.9. The lowest BCUT2D eigenvalue weighted by atomic mass is 9.96. The Morgan fingerprint density at radius 1 is 1.09 bits per heavy atom. The molecule has 10 nitrogen and oxygen atoms in total. The molecular weight excluding hydrogens is 572 g/mol. The third kappa shape index (κ3) is 5.37. The van der Waals surface area contributed by atoms with E-state index in [1.165, 1.54) is 0 Å². The number of carbonyl (C=O) groups excluding carboxylic acids is 1. The van der Waals surface area contributed by atoms with E-state index >= 15 is 0 Å². The Morgan fingerprint density at radius 2 is 1.86 bits per heavy atom. The number of pyridine rings is 1. The molecule has 11 heteroatoms. The number of benzene rings is 2. The van der Waals surface area contributed by atoms with E-state index in [1.807, 2.05) is 50.5 Å². The molecular formula is C33H26N8O2S. The molecule has 0 unspecified atom stereocenters. The number of aromatic nitrogens is 5. The highest BCUT2D eigenvalue weighted by atomic mass is 32.1. The van der Waals surface area contributed by atoms with Crippen LogP contribution in [0.15, 0.2) is 85.5 Å². The minimum atomic E-state index is -0.352. The van der Waals surface area contributed by atoms with Gasteiger partial charge in [0.1, 0.15) is 17.6 Å². The van der Waals surface area contributed by atoms with Crippen molar-refractivity contribution >= 4 is 38.8 Å². The fourth-order valence-corrected chi connectivity index (χ4v) is 6.11. The number of carbonyl (C=O) groups is 1. The van der Waals surface area contributed by atoms with Crippen LogP contribution in [0.25, 0.3) is 42.8 Å². The summed E-state index contributed by atoms with van der Waals surface area (Å²) in [5.41, 5.74) is 12.8. The SMILES string of the molecule is C=C(C)C(=O)Nc1ccc(-c2sc3c(-c4cnn(C)c4)cnc(N)c3c2-c2ccc(Oc3nccc(C)n3)cc2)cc1C#N. The van der Waals surface area contributed by atoms with Gasteiger partial charge in [-0.3, -0.25) is 9.48 Å². The molecule has 6 rings (SSSR count). The summed E-state index contributed by atoms with van der Waals surface area (Å²) in [5, 5.41) is 17.9. The molecule has 4 aromatic heterocycles. The highest BCUT2D eigenvalue weighted by Crippen LogP contribution is 2.49. The predicted octanol–water partition coefficient (Wildman–Crippen LogP) is 6.89. The molecule has 0 aliphatic rings. The van der Waals surface area contributed by atoms with Crippen molar-refractivity contribution in [1.29, 1.82) is 5.26 Å². The number of nitrogens with zero attached hydrogens (tertiary/aromatic N) is 6. The first-order valence-electron chi connectivity index (χ1n) is 13.5. The van der Waals surface area contributed by atoms with Crippen LogP contribution in [0.3, 0.4) is 0 Å². The number of thiophene rings is 1. The first-order valence-corrected chi connectivity index (χ1v) is 14.3. The van der Waals surface area contributed by atoms with Gasteiger partial charge in [0, 0.05) is 68.6 Å². The molecule has 44 heavy (non-hydrogen) atoms. The summed E-state index contributed by atoms with van der Waals surface area (Å²) in [4.78, 5) is 26.2. The maximum atomic E-state index is 12.3. The van der Waals surface area contributed by atoms with E-state index in [-0.39, 0.29) is 11.9 Å². The summed E-state index contributed by atoms with van der Waals surface area (Å²) < 4.78 is 8.56. The molecule has 0 spiro atoms. The summed E-state index contributed by atoms with van der Waals surface area (Å²) in [5.74, 6) is 0.603. The number of rotatable bonds is 7. The Morgan fingerprint density at radius 3 is 2.55 bits per heavy atom. The van der Waals surface area contributed by atoms with Crippen molar-refractivity contribution in [3.8, 4) is 50.5 Å². The Kier molecular flexibility index (Phi) is 7.34. The van der Waals surface area contributed by atoms with Gasteiger partial charge in [-0.15, -0.1) is 11.3 Å². The lowest BCUT2D eigenvalue weighted by molar-refractivity contribution is -0.112. The van der Waals surface area contributed by atoms with Gasteiger partial charge in [0.25, 0.3) is 5.91 Å². The molecule has 4 heterocycles. The lowest BCUT2D eigenvalue weighted by Gasteiger charge is -2.11. The van der Waals surface area contributed by atoms with E-state index in [1.54, 1.807) is 59.7 Å². The van der Waals surface area contributed by atoms with Crippen LogP contribution >= 0.6 is 11.3 Å². The number of aryl methyl sites for hydroxylation is 2. The molecule has 1 amide bonds. The van der Waals surface area contributed by atoms with Crippen molar-refractivity contribution in [2.45, 2.75) is 13.8 Å². The van der Waals surface area contributed by atoms with Gasteiger partial charge in [0.2, 0.25) is 0 Å². The second-order valence-electron chi connectivity index (χ2n) is 10.2. The zero-order valence-electron chi connectivity index (χ0n) is 24.1. The number of nitrogens with one attached hydrogen (secondary N) is 1. The summed E-state index contributed by atoms with van der Waals surface area (Å²) in [6.07, 6.45) is 7.13. The van der Waals surface area contributed by atoms with Gasteiger partial charge in [0.05, 0.1) is 17.4 Å². The van der Waals surface area contributed by atoms with Gasteiger partial charge < -0.3 is 15.8 Å². The fraction of sp³-hybridized carbons (Fsp3) is 0.0909. The Labute approximate surface area is 257 Å². The average molecular weight is 599 g/mol. The van der Waals surface area contributed by atoms with Crippen LogP contribution in [0.2, 0.25) is 0 Å². The van der Waals surface area contributed by atoms with Gasteiger partial charge in [-0.2, -0.15) is 10.4 Å². The highest BCUT2D eigenvalue weighted by molar-refractivity contribution is 7.23. The van der Waals surface area contributed by atoms with E-state index in [0.29, 0.717) is 28.4 Å². The molecule has 0 aliphatic carbocycles. The van der Waals surface area contributed by atoms with E-state index < -0.39 is 0 Å². The smallest absolute Gasteiger partial charge is 0.322 e. The quantitative estimate of drug-likeness (QED) is 0.189. The topological polar surface area (TPSA) is 145 Å². The second kappa shape index (κ2) is 11.4. The summed E-state index contributed by atoms with van der Waals surface area (Å²) in [6.45, 7) is 7.17. The Balaban J connectivity index is 1.52. The number of ether oxygens (including phenoxy) is 1. The molecule has 216 valence electrons. The summed E-state index contributed by atoms with van der Waals surface area (Å²) in [7, 11) is 1.86. The van der Waals surface area contributed by atoms with E-state index in [0.717, 1.165) is 48.5 Å². The van der Waals surface area contributed by atoms with Gasteiger partial charge in [-0.05, 0) is 55.3 Å². The van der Waals surface area contributed by atoms with E-state index in [2.05, 4.69) is 38.0 Å². The lowest BCUT2D eigenvalue weighted by Crippen LogP contribution is -2.12. The minimum Gasteiger partial charge on any atom is -0.424 e. The van der Waals surface area contributed by atoms with Gasteiger partial charge in [-0.25, -0.2) is 15.0 Å². The number of nitrogen functional groups attached to an aromatic ring is 1. The van der Waals surface area contributed by atoms with Crippen molar-refractivity contribution in [3.63, 3.8) is 0 Å². The molecule has 0 aliphatic heterocycles. The number of nitriles is 1. The van der Waals surface area contributed by atoms with Gasteiger partial charge in [-0.1, -0.05) is 24.8 Å². The Bertz CT molecular complexity index is 2120. The van der Waals surface area contributed by atoms with Crippen molar-refractivity contribution in [2.75, 3.05) is 11.1 Å². The van der Waals surface area contributed by atoms with Crippen LogP contribution in [0.5, 0.6) is 11.8 Å². The van der Waals surface area contributed by atoms with Crippen LogP contribution < -0.4 is 15.8 Å². The van der Waals surface area contributed by atoms with Gasteiger partial charge >= 0.3 is 6.01 Å². The second-order valence-corrected chi connectivity index (χ2v) is 11.2. The zero-order valence-corrected chi connectivity index (χ0v) is 24.9. The van der Waals surface area contributed by atoms with Crippen LogP contribution in [0.4, 0.5) is 11.5 Å². The minimum absolute atomic E-state index is 0.261. The van der Waals surface area contributed by atoms with Crippen molar-refractivity contribution in [1.82, 2.24) is 24.7 Å². The molecule has 0 saturated heterocycles. The number of nitrogens with two attached hydrogens (primary N) is 1. The number of hydrogen-bond donors (Lipinski definition) is 2.